The molecule has 1 aromatic heterocycles. The average Bonchev–Trinajstić information content (AvgIpc) is 2.38. The second-order valence-electron chi connectivity index (χ2n) is 5.83. The second-order valence-corrected chi connectivity index (χ2v) is 5.83. The van der Waals surface area contributed by atoms with E-state index in [1.165, 1.54) is 0 Å². The lowest BCUT2D eigenvalue weighted by molar-refractivity contribution is 0.0854. The van der Waals surface area contributed by atoms with Crippen LogP contribution in [0, 0.1) is 20.8 Å². The molecular formula is C17H17NO3. The Hall–Kier alpha value is -2.20. The number of phenols is 1. The third-order valence-corrected chi connectivity index (χ3v) is 4.21. The van der Waals surface area contributed by atoms with Crippen molar-refractivity contribution in [3.63, 3.8) is 0 Å². The van der Waals surface area contributed by atoms with E-state index in [2.05, 4.69) is 4.98 Å². The Morgan fingerprint density at radius 2 is 1.76 bits per heavy atom. The lowest BCUT2D eigenvalue weighted by Crippen LogP contribution is -2.34. The number of hydrogen-bond donors (Lipinski definition) is 2. The van der Waals surface area contributed by atoms with Crippen molar-refractivity contribution in [1.29, 1.82) is 0 Å². The van der Waals surface area contributed by atoms with Crippen LogP contribution in [0.1, 0.15) is 50.9 Å². The molecule has 0 fully saturated rings. The minimum atomic E-state index is -1.33. The first-order valence-electron chi connectivity index (χ1n) is 6.84. The number of fused-ring (bicyclic) bond motifs is 2. The van der Waals surface area contributed by atoms with Gasteiger partial charge in [-0.05, 0) is 39.3 Å². The van der Waals surface area contributed by atoms with Crippen LogP contribution >= 0.6 is 0 Å². The van der Waals surface area contributed by atoms with Crippen molar-refractivity contribution in [1.82, 2.24) is 4.98 Å². The van der Waals surface area contributed by atoms with Crippen molar-refractivity contribution in [3.05, 3.63) is 57.4 Å². The summed E-state index contributed by atoms with van der Waals surface area (Å²) < 4.78 is 0. The number of carbonyl (C=O) groups is 1. The maximum absolute atomic E-state index is 12.8. The summed E-state index contributed by atoms with van der Waals surface area (Å²) in [5.41, 5.74) is 2.16. The molecule has 108 valence electrons. The highest BCUT2D eigenvalue weighted by Crippen LogP contribution is 2.44. The molecule has 0 saturated heterocycles. The molecule has 2 N–H and O–H groups in total. The van der Waals surface area contributed by atoms with Gasteiger partial charge in [-0.2, -0.15) is 0 Å². The molecule has 1 heterocycles. The molecule has 0 unspecified atom stereocenters. The highest BCUT2D eigenvalue weighted by atomic mass is 16.3. The van der Waals surface area contributed by atoms with E-state index in [-0.39, 0.29) is 17.1 Å². The lowest BCUT2D eigenvalue weighted by atomic mass is 9.74. The van der Waals surface area contributed by atoms with E-state index in [0.29, 0.717) is 27.9 Å². The van der Waals surface area contributed by atoms with Crippen LogP contribution in [0.15, 0.2) is 18.2 Å². The van der Waals surface area contributed by atoms with Gasteiger partial charge in [0.1, 0.15) is 11.4 Å². The number of ketones is 1. The zero-order valence-electron chi connectivity index (χ0n) is 12.5. The first-order chi connectivity index (χ1) is 9.75. The summed E-state index contributed by atoms with van der Waals surface area (Å²) >= 11 is 0. The minimum Gasteiger partial charge on any atom is -0.507 e. The van der Waals surface area contributed by atoms with Gasteiger partial charge in [-0.25, -0.2) is 0 Å². The van der Waals surface area contributed by atoms with Crippen LogP contribution in [0.25, 0.3) is 0 Å². The van der Waals surface area contributed by atoms with E-state index >= 15 is 0 Å². The molecular weight excluding hydrogens is 266 g/mol. The Labute approximate surface area is 123 Å². The van der Waals surface area contributed by atoms with Gasteiger partial charge in [0, 0.05) is 22.5 Å². The fourth-order valence-corrected chi connectivity index (χ4v) is 3.10. The van der Waals surface area contributed by atoms with Crippen molar-refractivity contribution in [2.24, 2.45) is 0 Å². The topological polar surface area (TPSA) is 70.4 Å². The average molecular weight is 283 g/mol. The van der Waals surface area contributed by atoms with Gasteiger partial charge >= 0.3 is 0 Å². The number of carbonyl (C=O) groups excluding carboxylic acids is 1. The summed E-state index contributed by atoms with van der Waals surface area (Å²) in [6.07, 6.45) is 0. The monoisotopic (exact) mass is 283 g/mol. The van der Waals surface area contributed by atoms with Crippen molar-refractivity contribution in [3.8, 4) is 5.75 Å². The highest BCUT2D eigenvalue weighted by molar-refractivity contribution is 6.15. The third kappa shape index (κ3) is 1.72. The molecule has 0 bridgehead atoms. The first-order valence-corrected chi connectivity index (χ1v) is 6.84. The van der Waals surface area contributed by atoms with Crippen LogP contribution in [0.3, 0.4) is 0 Å². The number of aliphatic hydroxyl groups is 1. The molecule has 1 aliphatic rings. The van der Waals surface area contributed by atoms with Gasteiger partial charge in [0.2, 0.25) is 0 Å². The maximum atomic E-state index is 12.8. The maximum Gasteiger partial charge on any atom is 0.199 e. The summed E-state index contributed by atoms with van der Waals surface area (Å²) in [4.78, 5) is 17.1. The zero-order chi connectivity index (χ0) is 15.5. The Morgan fingerprint density at radius 3 is 2.43 bits per heavy atom. The summed E-state index contributed by atoms with van der Waals surface area (Å²) in [5, 5.41) is 21.2. The predicted octanol–water partition coefficient (Wildman–Crippen LogP) is 2.51. The molecule has 0 saturated carbocycles. The van der Waals surface area contributed by atoms with Gasteiger partial charge < -0.3 is 10.2 Å². The van der Waals surface area contributed by atoms with Crippen LogP contribution in [0.5, 0.6) is 5.75 Å². The molecule has 1 atom stereocenters. The number of pyridine rings is 1. The largest absolute Gasteiger partial charge is 0.507 e. The molecule has 4 nitrogen and oxygen atoms in total. The molecule has 1 aromatic carbocycles. The number of aromatic hydroxyl groups is 1. The van der Waals surface area contributed by atoms with E-state index in [4.69, 9.17) is 0 Å². The summed E-state index contributed by atoms with van der Waals surface area (Å²) in [7, 11) is 0. The molecule has 2 aromatic rings. The standard InChI is InChI=1S/C17H17NO3/c1-8-5-6-11-14(15(8)19)16(20)13-10(3)18-9(2)7-12(13)17(11,4)21/h5-7,19,21H,1-4H3/t17-/m1/s1. The number of rotatable bonds is 0. The molecule has 0 radical (unpaired) electrons. The number of nitrogens with zero attached hydrogens (tertiary/aromatic N) is 1. The lowest BCUT2D eigenvalue weighted by Gasteiger charge is -2.34. The third-order valence-electron chi connectivity index (χ3n) is 4.21. The molecule has 3 rings (SSSR count). The van der Waals surface area contributed by atoms with Gasteiger partial charge in [-0.15, -0.1) is 0 Å². The van der Waals surface area contributed by atoms with Crippen molar-refractivity contribution in [2.45, 2.75) is 33.3 Å². The summed E-state index contributed by atoms with van der Waals surface area (Å²) in [6.45, 7) is 6.95. The number of phenolic OH excluding ortho intramolecular Hbond substituents is 1. The molecule has 0 spiro atoms. The van der Waals surface area contributed by atoms with Gasteiger partial charge in [-0.1, -0.05) is 12.1 Å². The summed E-state index contributed by atoms with van der Waals surface area (Å²) in [6, 6.07) is 5.15. The fourth-order valence-electron chi connectivity index (χ4n) is 3.10. The Balaban J connectivity index is 2.45. The van der Waals surface area contributed by atoms with Gasteiger partial charge in [-0.3, -0.25) is 9.78 Å². The Morgan fingerprint density at radius 1 is 1.10 bits per heavy atom. The highest BCUT2D eigenvalue weighted by Gasteiger charge is 2.41. The quantitative estimate of drug-likeness (QED) is 0.779. The van der Waals surface area contributed by atoms with Gasteiger partial charge in [0.05, 0.1) is 11.1 Å². The molecule has 21 heavy (non-hydrogen) atoms. The van der Waals surface area contributed by atoms with Crippen molar-refractivity contribution < 1.29 is 15.0 Å². The Kier molecular flexibility index (Phi) is 2.72. The normalized spacial score (nSPS) is 20.1. The van der Waals surface area contributed by atoms with E-state index in [1.807, 2.05) is 6.92 Å². The molecule has 4 heteroatoms. The fraction of sp³-hybridized carbons (Fsp3) is 0.294. The van der Waals surface area contributed by atoms with Crippen molar-refractivity contribution >= 4 is 5.78 Å². The number of aryl methyl sites for hydroxylation is 3. The smallest absolute Gasteiger partial charge is 0.199 e. The molecule has 0 aliphatic heterocycles. The minimum absolute atomic E-state index is 0.0663. The van der Waals surface area contributed by atoms with E-state index < -0.39 is 5.60 Å². The number of aromatic nitrogens is 1. The Bertz CT molecular complexity index is 791. The SMILES string of the molecule is Cc1cc2c(c(C)n1)C(=O)c1c(ccc(C)c1O)[C@@]2(C)O. The molecule has 1 aliphatic carbocycles. The van der Waals surface area contributed by atoms with Crippen molar-refractivity contribution in [2.75, 3.05) is 0 Å². The van der Waals surface area contributed by atoms with Crippen LogP contribution in [0.4, 0.5) is 0 Å². The van der Waals surface area contributed by atoms with Gasteiger partial charge in [0.25, 0.3) is 0 Å². The molecule has 0 amide bonds. The second kappa shape index (κ2) is 4.15. The van der Waals surface area contributed by atoms with Crippen LogP contribution < -0.4 is 0 Å². The number of benzene rings is 1. The van der Waals surface area contributed by atoms with E-state index in [1.54, 1.807) is 39.0 Å². The first kappa shape index (κ1) is 13.8. The van der Waals surface area contributed by atoms with Crippen LogP contribution in [-0.2, 0) is 5.60 Å². The number of hydrogen-bond acceptors (Lipinski definition) is 4. The van der Waals surface area contributed by atoms with Crippen LogP contribution in [0.2, 0.25) is 0 Å². The van der Waals surface area contributed by atoms with E-state index in [0.717, 1.165) is 5.69 Å². The predicted molar refractivity (Wildman–Crippen MR) is 78.7 cm³/mol. The zero-order valence-corrected chi connectivity index (χ0v) is 12.5. The van der Waals surface area contributed by atoms with Crippen LogP contribution in [-0.4, -0.2) is 21.0 Å². The van der Waals surface area contributed by atoms with Gasteiger partial charge in [0.15, 0.2) is 5.78 Å². The van der Waals surface area contributed by atoms with E-state index in [9.17, 15) is 15.0 Å². The summed E-state index contributed by atoms with van der Waals surface area (Å²) in [5.74, 6) is -0.346.